The molecule has 1 aliphatic rings. The molecule has 4 aromatic heterocycles. The van der Waals surface area contributed by atoms with Crippen LogP contribution in [0.1, 0.15) is 32.2 Å². The highest BCUT2D eigenvalue weighted by Gasteiger charge is 2.29. The molecule has 530 valence electrons. The van der Waals surface area contributed by atoms with Crippen molar-refractivity contribution in [2.75, 3.05) is 20.8 Å². The van der Waals surface area contributed by atoms with Gasteiger partial charge in [-0.3, -0.25) is 9.00 Å². The summed E-state index contributed by atoms with van der Waals surface area (Å²) in [6, 6.07) is 58.0. The topological polar surface area (TPSA) is 434 Å². The van der Waals surface area contributed by atoms with Crippen LogP contribution in [0.2, 0.25) is 5.02 Å². The average molecular weight is 1510 g/mol. The van der Waals surface area contributed by atoms with Gasteiger partial charge in [0.15, 0.2) is 11.4 Å². The fraction of sp³-hybridized carbons (Fsp3) is 0.0725. The minimum absolute atomic E-state index is 0.0409. The van der Waals surface area contributed by atoms with E-state index >= 15 is 0 Å². The van der Waals surface area contributed by atoms with Gasteiger partial charge in [-0.25, -0.2) is 77.7 Å². The molecule has 11 N–H and O–H groups in total. The number of halogens is 1. The molecule has 0 saturated carbocycles. The molecule has 13 rings (SSSR count). The second kappa shape index (κ2) is 30.9. The fourth-order valence-corrected chi connectivity index (χ4v) is 13.9. The van der Waals surface area contributed by atoms with Crippen LogP contribution < -0.4 is 35.3 Å². The van der Waals surface area contributed by atoms with Crippen molar-refractivity contribution in [2.24, 2.45) is 20.6 Å². The molecule has 0 fully saturated rings. The number of primary sulfonamides is 4. The second-order valence-electron chi connectivity index (χ2n) is 22.3. The number of aromatic nitrogens is 8. The van der Waals surface area contributed by atoms with Gasteiger partial charge >= 0.3 is 5.97 Å². The number of carboxylic acids is 1. The van der Waals surface area contributed by atoms with E-state index in [9.17, 15) is 57.7 Å². The van der Waals surface area contributed by atoms with E-state index in [1.807, 2.05) is 61.5 Å². The van der Waals surface area contributed by atoms with E-state index in [0.717, 1.165) is 66.9 Å². The highest BCUT2D eigenvalue weighted by molar-refractivity contribution is 7.90. The monoisotopic (exact) mass is 1510 g/mol. The van der Waals surface area contributed by atoms with Crippen LogP contribution >= 0.6 is 11.6 Å². The third kappa shape index (κ3) is 17.7. The number of rotatable bonds is 17. The Kier molecular flexibility index (Phi) is 22.4. The van der Waals surface area contributed by atoms with Crippen molar-refractivity contribution in [3.63, 3.8) is 0 Å². The number of hydrogen-bond donors (Lipinski definition) is 7. The van der Waals surface area contributed by atoms with Gasteiger partial charge in [0.05, 0.1) is 114 Å². The van der Waals surface area contributed by atoms with Crippen LogP contribution in [-0.4, -0.2) is 120 Å². The van der Waals surface area contributed by atoms with Crippen molar-refractivity contribution >= 4 is 74.4 Å². The number of nitrogens with one attached hydrogen (secondary N) is 1. The lowest BCUT2D eigenvalue weighted by molar-refractivity contribution is 0.0689. The standard InChI is InChI=1S/C19H17ClN4O4S.C17H15N3O5S.C17H15N3O3S2.C16H15N3O3S/c1-12(25)11-22-19(26)17-10-18(13-2-4-14(20)5-3-13)24(23-17)15-6-8-16(9-7-15)29(21,27)28;1-25-13-6-2-11(3-7-13)16-10-15(17(21)22)19-20(16)12-4-8-14(9-5-12)26(18,23)24;1-11-15-10-24(21)16-5-3-2-4-14(16)17(15)20(19-11)12-6-8-13(9-7-12)25(18,22)23;1-22-14-6-2-12(3-7-14)16-10-11-18-19(16)13-4-8-15(9-5-13)23(17,20)21/h2-10,25H,1,11H2,(H,22,26)(H2,21,27,28);2-10H,1H3,(H,21,22)(H2,18,23,24);2-9H,10H2,1H3,(H2,18,22,23);2-11H,1H3,(H2,17,20,21). The summed E-state index contributed by atoms with van der Waals surface area (Å²) in [5.74, 6) is 0.00495. The van der Waals surface area contributed by atoms with Crippen LogP contribution in [0.5, 0.6) is 11.5 Å². The predicted octanol–water partition coefficient (Wildman–Crippen LogP) is 8.85. The maximum Gasteiger partial charge on any atom is 0.356 e. The summed E-state index contributed by atoms with van der Waals surface area (Å²) in [7, 11) is -13.0. The summed E-state index contributed by atoms with van der Waals surface area (Å²) in [5.41, 5.74) is 10.4. The number of aliphatic hydroxyl groups is 1. The molecule has 28 nitrogen and oxygen atoms in total. The predicted molar refractivity (Wildman–Crippen MR) is 386 cm³/mol. The Morgan fingerprint density at radius 1 is 0.524 bits per heavy atom. The number of aromatic carboxylic acids is 1. The molecule has 34 heteroatoms. The van der Waals surface area contributed by atoms with Crippen LogP contribution in [0.4, 0.5) is 0 Å². The third-order valence-electron chi connectivity index (χ3n) is 15.4. The Morgan fingerprint density at radius 2 is 0.913 bits per heavy atom. The molecule has 0 aliphatic carbocycles. The maximum atomic E-state index is 12.5. The number of amides is 1. The van der Waals surface area contributed by atoms with E-state index in [4.69, 9.17) is 41.6 Å². The SMILES string of the molecule is C=C(O)CNC(=O)c1cc(-c2ccc(Cl)cc2)n(-c2ccc(S(N)(=O)=O)cc2)n1.COc1ccc(-c2cc(C(=O)O)nn2-c2ccc(S(N)(=O)=O)cc2)cc1.COc1ccc(-c2ccnn2-c2ccc(S(N)(=O)=O)cc2)cc1.Cc1nn(-c2ccc(S(N)(=O)=O)cc2)c2c1CS(=O)c1ccccc1-2. The summed E-state index contributed by atoms with van der Waals surface area (Å²) in [5, 5.41) is 59.3. The summed E-state index contributed by atoms with van der Waals surface area (Å²) in [4.78, 5) is 24.5. The van der Waals surface area contributed by atoms with E-state index in [-0.39, 0.29) is 43.3 Å². The summed E-state index contributed by atoms with van der Waals surface area (Å²) in [6.45, 7) is 5.10. The molecule has 1 amide bonds. The molecule has 0 radical (unpaired) electrons. The zero-order valence-corrected chi connectivity index (χ0v) is 59.3. The summed E-state index contributed by atoms with van der Waals surface area (Å²) >= 11 is 5.96. The first-order chi connectivity index (χ1) is 48.8. The zero-order chi connectivity index (χ0) is 74.3. The van der Waals surface area contributed by atoms with Gasteiger partial charge in [-0.2, -0.15) is 20.4 Å². The zero-order valence-electron chi connectivity index (χ0n) is 54.4. The quantitative estimate of drug-likeness (QED) is 0.0418. The maximum absolute atomic E-state index is 12.5. The number of nitrogens with two attached hydrogens (primary N) is 4. The number of fused-ring (bicyclic) bond motifs is 3. The lowest BCUT2D eigenvalue weighted by atomic mass is 10.1. The van der Waals surface area contributed by atoms with Crippen LogP contribution in [0.15, 0.2) is 255 Å². The molecule has 103 heavy (non-hydrogen) atoms. The minimum atomic E-state index is -3.83. The van der Waals surface area contributed by atoms with Crippen molar-refractivity contribution in [1.82, 2.24) is 44.4 Å². The molecule has 8 aromatic carbocycles. The van der Waals surface area contributed by atoms with E-state index in [1.54, 1.807) is 109 Å². The largest absolute Gasteiger partial charge is 0.511 e. The minimum Gasteiger partial charge on any atom is -0.511 e. The molecule has 1 atom stereocenters. The first-order valence-electron chi connectivity index (χ1n) is 30.1. The lowest BCUT2D eigenvalue weighted by Gasteiger charge is -2.18. The van der Waals surface area contributed by atoms with Gasteiger partial charge in [0.1, 0.15) is 17.3 Å². The fourth-order valence-electron chi connectivity index (χ4n) is 10.3. The summed E-state index contributed by atoms with van der Waals surface area (Å²) in [6.07, 6.45) is 1.69. The van der Waals surface area contributed by atoms with Crippen molar-refractivity contribution in [3.8, 4) is 79.3 Å². The molecular weight excluding hydrogens is 1450 g/mol. The summed E-state index contributed by atoms with van der Waals surface area (Å²) < 4.78 is 120. The smallest absolute Gasteiger partial charge is 0.356 e. The van der Waals surface area contributed by atoms with Gasteiger partial charge < -0.3 is 25.0 Å². The van der Waals surface area contributed by atoms with E-state index in [2.05, 4.69) is 32.3 Å². The molecule has 0 bridgehead atoms. The molecular formula is C69H62ClN13O15S5. The van der Waals surface area contributed by atoms with Gasteiger partial charge in [-0.05, 0) is 189 Å². The molecule has 0 spiro atoms. The van der Waals surface area contributed by atoms with Gasteiger partial charge in [0, 0.05) is 37.7 Å². The number of benzene rings is 8. The normalized spacial score (nSPS) is 12.5. The number of ether oxygens (including phenoxy) is 2. The van der Waals surface area contributed by atoms with E-state index in [1.165, 1.54) is 88.2 Å². The molecule has 0 saturated heterocycles. The molecule has 12 aromatic rings. The van der Waals surface area contributed by atoms with Crippen LogP contribution in [0.3, 0.4) is 0 Å². The number of aliphatic hydroxyl groups excluding tert-OH is 1. The highest BCUT2D eigenvalue weighted by Crippen LogP contribution is 2.39. The van der Waals surface area contributed by atoms with Crippen molar-refractivity contribution in [1.29, 1.82) is 0 Å². The van der Waals surface area contributed by atoms with Gasteiger partial charge in [0.25, 0.3) is 5.91 Å². The van der Waals surface area contributed by atoms with Gasteiger partial charge in [-0.1, -0.05) is 48.5 Å². The molecule has 1 aliphatic heterocycles. The number of carboxylic acid groups (broad SMARTS) is 1. The first kappa shape index (κ1) is 74.5. The van der Waals surface area contributed by atoms with Crippen molar-refractivity contribution in [3.05, 3.63) is 259 Å². The Balaban J connectivity index is 0.000000148. The number of nitrogens with zero attached hydrogens (tertiary/aromatic N) is 8. The lowest BCUT2D eigenvalue weighted by Crippen LogP contribution is -2.25. The Bertz CT molecular complexity index is 5660. The number of hydrogen-bond acceptors (Lipinski definition) is 18. The van der Waals surface area contributed by atoms with Gasteiger partial charge in [0.2, 0.25) is 40.1 Å². The first-order valence-corrected chi connectivity index (χ1v) is 37.9. The second-order valence-corrected chi connectivity index (χ2v) is 30.4. The van der Waals surface area contributed by atoms with Crippen molar-refractivity contribution in [2.45, 2.75) is 37.2 Å². The Labute approximate surface area is 598 Å². The third-order valence-corrected chi connectivity index (χ3v) is 20.7. The number of aryl methyl sites for hydroxylation is 1. The average Bonchev–Trinajstić information content (AvgIpc) is 1.64. The molecule has 1 unspecified atom stereocenters. The Hall–Kier alpha value is -11.2. The number of methoxy groups -OCH3 is 2. The van der Waals surface area contributed by atoms with E-state index < -0.39 is 62.8 Å². The van der Waals surface area contributed by atoms with Crippen LogP contribution in [-0.2, 0) is 56.6 Å². The Morgan fingerprint density at radius 3 is 1.33 bits per heavy atom. The number of carbonyl (C=O) groups excluding carboxylic acids is 1. The number of carbonyl (C=O) groups is 2. The van der Waals surface area contributed by atoms with Gasteiger partial charge in [-0.15, -0.1) is 0 Å². The highest BCUT2D eigenvalue weighted by atomic mass is 35.5. The van der Waals surface area contributed by atoms with Crippen LogP contribution in [0.25, 0.3) is 67.8 Å². The number of sulfonamides is 4. The van der Waals surface area contributed by atoms with E-state index in [0.29, 0.717) is 39.3 Å². The van der Waals surface area contributed by atoms with Crippen molar-refractivity contribution < 1.29 is 67.2 Å². The van der Waals surface area contributed by atoms with Crippen LogP contribution in [0, 0.1) is 6.92 Å². The molecule has 5 heterocycles.